The van der Waals surface area contributed by atoms with Crippen molar-refractivity contribution in [3.05, 3.63) is 238 Å². The van der Waals surface area contributed by atoms with Gasteiger partial charge < -0.3 is 31.5 Å². The van der Waals surface area contributed by atoms with Gasteiger partial charge in [0, 0.05) is 36.6 Å². The van der Waals surface area contributed by atoms with Crippen LogP contribution in [0.2, 0.25) is 0 Å². The molecular weight excluding hydrogens is 1200 g/mol. The molecule has 12 nitrogen and oxygen atoms in total. The molecule has 0 saturated carbocycles. The van der Waals surface area contributed by atoms with Crippen LogP contribution in [0.5, 0.6) is 0 Å². The monoisotopic (exact) mass is 1270 g/mol. The Bertz CT molecular complexity index is 3350. The average Bonchev–Trinajstić information content (AvgIpc) is 0.769. The molecule has 4 amide bonds. The first-order valence-electron chi connectivity index (χ1n) is 28.1. The van der Waals surface area contributed by atoms with Crippen molar-refractivity contribution in [3.8, 4) is 0 Å². The summed E-state index contributed by atoms with van der Waals surface area (Å²) in [5.74, 6) is -9.26. The molecule has 6 aromatic carbocycles. The molecule has 24 heteroatoms. The summed E-state index contributed by atoms with van der Waals surface area (Å²) in [7, 11) is 2.15. The number of halogens is 12. The first-order chi connectivity index (χ1) is 42.0. The number of carbonyl (C=O) groups is 5. The smallest absolute Gasteiger partial charge is 0.416 e. The summed E-state index contributed by atoms with van der Waals surface area (Å²) in [5.41, 5.74) is 4.48. The van der Waals surface area contributed by atoms with Crippen molar-refractivity contribution in [2.45, 2.75) is 101 Å². The number of primary amides is 1. The van der Waals surface area contributed by atoms with Gasteiger partial charge in [-0.25, -0.2) is 14.1 Å². The van der Waals surface area contributed by atoms with Gasteiger partial charge in [-0.3, -0.25) is 14.4 Å². The third-order valence-corrected chi connectivity index (χ3v) is 15.3. The van der Waals surface area contributed by atoms with Crippen LogP contribution < -0.4 is 16.8 Å². The van der Waals surface area contributed by atoms with E-state index >= 15 is 4.79 Å². The van der Waals surface area contributed by atoms with Gasteiger partial charge in [0.05, 0.1) is 58.9 Å². The summed E-state index contributed by atoms with van der Waals surface area (Å²) < 4.78 is 175. The predicted octanol–water partition coefficient (Wildman–Crippen LogP) is 12.9. The van der Waals surface area contributed by atoms with Crippen LogP contribution in [-0.2, 0) is 43.8 Å². The van der Waals surface area contributed by atoms with E-state index in [2.05, 4.69) is 5.32 Å². The molecule has 0 spiro atoms. The number of likely N-dealkylation sites (N-methyl/N-ethyl adjacent to an activating group) is 2. The second-order valence-electron chi connectivity index (χ2n) is 22.3. The Morgan fingerprint density at radius 2 is 0.967 bits per heavy atom. The van der Waals surface area contributed by atoms with E-state index in [1.54, 1.807) is 135 Å². The third kappa shape index (κ3) is 18.1. The minimum Gasteiger partial charge on any atom is -0.460 e. The molecule has 6 rings (SSSR count). The van der Waals surface area contributed by atoms with E-state index in [9.17, 15) is 77.0 Å². The summed E-state index contributed by atoms with van der Waals surface area (Å²) in [6.45, 7) is 4.24. The molecule has 6 N–H and O–H groups in total. The van der Waals surface area contributed by atoms with Crippen molar-refractivity contribution < 1.29 is 91.0 Å². The maximum atomic E-state index is 15.4. The summed E-state index contributed by atoms with van der Waals surface area (Å²) in [6, 6.07) is 27.5. The molecule has 5 unspecified atom stereocenters. The quantitative estimate of drug-likeness (QED) is 0.0152. The highest BCUT2D eigenvalue weighted by molar-refractivity contribution is 5.95. The number of benzene rings is 6. The number of alkyl halides is 12. The van der Waals surface area contributed by atoms with Crippen LogP contribution in [0.4, 0.5) is 52.7 Å². The fourth-order valence-electron chi connectivity index (χ4n) is 10.7. The lowest BCUT2D eigenvalue weighted by atomic mass is 9.81. The molecule has 0 aliphatic carbocycles. The molecule has 480 valence electrons. The largest absolute Gasteiger partial charge is 0.460 e. The number of hydrogen-bond donors (Lipinski definition) is 4. The number of nitrogens with one attached hydrogen (secondary N) is 1. The van der Waals surface area contributed by atoms with Crippen molar-refractivity contribution in [1.29, 1.82) is 0 Å². The molecule has 0 saturated heterocycles. The molecular formula is C66H66F12N5O7+. The van der Waals surface area contributed by atoms with E-state index in [-0.39, 0.29) is 36.6 Å². The number of carbonyl (C=O) groups excluding carboxylic acids is 5. The number of quaternary nitrogens is 1. The molecule has 90 heavy (non-hydrogen) atoms. The number of nitrogens with two attached hydrogens (primary N) is 2. The Labute approximate surface area is 511 Å². The van der Waals surface area contributed by atoms with Gasteiger partial charge in [0.15, 0.2) is 0 Å². The van der Waals surface area contributed by atoms with Crippen molar-refractivity contribution >= 4 is 29.6 Å². The maximum Gasteiger partial charge on any atom is 0.416 e. The first kappa shape index (κ1) is 70.5. The number of nitrogens with zero attached hydrogens (tertiary/aromatic N) is 2. The van der Waals surface area contributed by atoms with Crippen LogP contribution in [0.15, 0.2) is 182 Å². The lowest BCUT2D eigenvalue weighted by molar-refractivity contribution is -0.899. The lowest BCUT2D eigenvalue weighted by Gasteiger charge is -2.46. The number of ether oxygens (including phenoxy) is 1. The lowest BCUT2D eigenvalue weighted by Crippen LogP contribution is -2.68. The van der Waals surface area contributed by atoms with Crippen LogP contribution in [-0.4, -0.2) is 95.2 Å². The van der Waals surface area contributed by atoms with Gasteiger partial charge in [-0.05, 0) is 83.5 Å². The number of rotatable bonds is 24. The number of amides is 4. The molecule has 0 aromatic heterocycles. The first-order valence-corrected chi connectivity index (χ1v) is 28.1. The van der Waals surface area contributed by atoms with Gasteiger partial charge in [-0.15, -0.1) is 0 Å². The van der Waals surface area contributed by atoms with Crippen LogP contribution in [0.1, 0.15) is 111 Å². The van der Waals surface area contributed by atoms with Crippen molar-refractivity contribution in [1.82, 2.24) is 10.2 Å². The standard InChI is InChI=1S/C66H65F12N5O7/c1-39(2)30-51(81-55(84)28-26-53(57(41-18-10-6-11-19-41)42-20-12-7-13-21-42)82(4)60(87)45-32-47(63(67,68)69)36-48(33-45)64(70,71)72)38-90-56(85)29-27-54(58(43-22-14-8-15-23-43)44-24-16-9-17-25-44)83(5,62(89)52(79)31-40(3)59(80)86)61(88)46-34-49(65(73,74)75)37-50(35-46)66(76,77)78/h6-29,32-37,39-40,51-54,57-58,62,89H,30-31,38,79H2,1-5H3,(H2-,80,81,84,86)/p+1/t40?,51-,52-,53?,54?,62?,83?/m0/s1. The molecule has 6 aromatic rings. The summed E-state index contributed by atoms with van der Waals surface area (Å²) >= 11 is 0. The normalized spacial score (nSPS) is 15.3. The zero-order valence-electron chi connectivity index (χ0n) is 49.1. The Hall–Kier alpha value is -8.61. The SMILES string of the molecule is CC(C)C[C@@H](COC(=O)C=CC(C(c1ccccc1)c1ccccc1)[N+](C)(C(=O)c1cc(C(F)(F)F)cc(C(F)(F)F)c1)C(O)[C@@H](N)CC(C)C(N)=O)NC(=O)C=CC(C(c1ccccc1)c1ccccc1)N(C)C(=O)c1cc(C(F)(F)F)cc(C(F)(F)F)c1. The zero-order chi connectivity index (χ0) is 66.7. The summed E-state index contributed by atoms with van der Waals surface area (Å²) in [5, 5.41) is 15.2. The number of hydrogen-bond acceptors (Lipinski definition) is 8. The van der Waals surface area contributed by atoms with Gasteiger partial charge >= 0.3 is 36.6 Å². The van der Waals surface area contributed by atoms with Crippen molar-refractivity contribution in [3.63, 3.8) is 0 Å². The van der Waals surface area contributed by atoms with Gasteiger partial charge in [0.2, 0.25) is 18.0 Å². The molecule has 0 radical (unpaired) electrons. The Balaban J connectivity index is 1.42. The van der Waals surface area contributed by atoms with Gasteiger partial charge in [-0.2, -0.15) is 52.7 Å². The van der Waals surface area contributed by atoms with E-state index < -0.39 is 153 Å². The molecule has 0 bridgehead atoms. The molecule has 7 atom stereocenters. The predicted molar refractivity (Wildman–Crippen MR) is 310 cm³/mol. The highest BCUT2D eigenvalue weighted by atomic mass is 19.4. The third-order valence-electron chi connectivity index (χ3n) is 15.3. The molecule has 0 fully saturated rings. The van der Waals surface area contributed by atoms with Crippen LogP contribution >= 0.6 is 0 Å². The van der Waals surface area contributed by atoms with Crippen LogP contribution in [0.25, 0.3) is 0 Å². The zero-order valence-corrected chi connectivity index (χ0v) is 49.1. The second kappa shape index (κ2) is 29.4. The summed E-state index contributed by atoms with van der Waals surface area (Å²) in [4.78, 5) is 71.3. The number of aliphatic hydroxyl groups is 1. The fourth-order valence-corrected chi connectivity index (χ4v) is 10.7. The van der Waals surface area contributed by atoms with Crippen LogP contribution in [0.3, 0.4) is 0 Å². The fraction of sp³-hybridized carbons (Fsp3) is 0.318. The highest BCUT2D eigenvalue weighted by Crippen LogP contribution is 2.43. The molecule has 0 aliphatic heterocycles. The number of esters is 1. The molecule has 0 aliphatic rings. The van der Waals surface area contributed by atoms with Gasteiger partial charge in [0.1, 0.15) is 12.6 Å². The van der Waals surface area contributed by atoms with E-state index in [4.69, 9.17) is 16.2 Å². The van der Waals surface area contributed by atoms with E-state index in [0.29, 0.717) is 34.4 Å². The van der Waals surface area contributed by atoms with Crippen molar-refractivity contribution in [2.75, 3.05) is 20.7 Å². The van der Waals surface area contributed by atoms with Crippen LogP contribution in [0, 0.1) is 11.8 Å². The Kier molecular flexibility index (Phi) is 23.0. The minimum absolute atomic E-state index is 0.104. The van der Waals surface area contributed by atoms with E-state index in [0.717, 1.165) is 37.2 Å². The minimum atomic E-state index is -5.43. The maximum absolute atomic E-state index is 15.4. The Morgan fingerprint density at radius 1 is 0.578 bits per heavy atom. The summed E-state index contributed by atoms with van der Waals surface area (Å²) in [6.07, 6.45) is -20.0. The van der Waals surface area contributed by atoms with E-state index in [1.165, 1.54) is 13.0 Å². The number of aliphatic hydroxyl groups excluding tert-OH is 1. The molecule has 0 heterocycles. The van der Waals surface area contributed by atoms with Gasteiger partial charge in [-0.1, -0.05) is 148 Å². The van der Waals surface area contributed by atoms with Crippen molar-refractivity contribution in [2.24, 2.45) is 23.3 Å². The average molecular weight is 1270 g/mol. The second-order valence-corrected chi connectivity index (χ2v) is 22.3. The topological polar surface area (TPSA) is 182 Å². The highest BCUT2D eigenvalue weighted by Gasteiger charge is 2.53. The van der Waals surface area contributed by atoms with Gasteiger partial charge in [0.25, 0.3) is 5.91 Å². The van der Waals surface area contributed by atoms with E-state index in [1.807, 2.05) is 0 Å². The Morgan fingerprint density at radius 3 is 1.34 bits per heavy atom.